The number of hydrogen-bond acceptors (Lipinski definition) is 5. The number of carboxylic acid groups (broad SMARTS) is 1. The minimum absolute atomic E-state index is 0.180. The number of aromatic hydroxyl groups is 1. The molecule has 1 aromatic heterocycles. The van der Waals surface area contributed by atoms with Gasteiger partial charge in [-0.05, 0) is 30.3 Å². The Morgan fingerprint density at radius 2 is 1.62 bits per heavy atom. The van der Waals surface area contributed by atoms with Gasteiger partial charge in [0.2, 0.25) is 0 Å². The predicted octanol–water partition coefficient (Wildman–Crippen LogP) is 3.28. The third kappa shape index (κ3) is 2.61. The van der Waals surface area contributed by atoms with Crippen LogP contribution >= 0.6 is 11.3 Å². The standard InChI is InChI=1S/C15H10N2O3S/c18-10-7-5-9(6-8-10)13-16-17-14(21-13)11-3-1-2-4-12(11)15(19)20/h1-8,18H,(H,19,20). The molecule has 0 fully saturated rings. The van der Waals surface area contributed by atoms with Gasteiger partial charge in [-0.25, -0.2) is 4.79 Å². The van der Waals surface area contributed by atoms with E-state index in [9.17, 15) is 15.0 Å². The van der Waals surface area contributed by atoms with E-state index in [0.717, 1.165) is 5.56 Å². The fourth-order valence-electron chi connectivity index (χ4n) is 1.91. The van der Waals surface area contributed by atoms with Crippen LogP contribution in [0, 0.1) is 0 Å². The summed E-state index contributed by atoms with van der Waals surface area (Å²) in [6.45, 7) is 0. The summed E-state index contributed by atoms with van der Waals surface area (Å²) in [5, 5.41) is 27.9. The monoisotopic (exact) mass is 298 g/mol. The summed E-state index contributed by atoms with van der Waals surface area (Å²) < 4.78 is 0. The Morgan fingerprint density at radius 1 is 0.952 bits per heavy atom. The minimum Gasteiger partial charge on any atom is -0.508 e. The van der Waals surface area contributed by atoms with Crippen LogP contribution in [0.25, 0.3) is 21.1 Å². The smallest absolute Gasteiger partial charge is 0.336 e. The van der Waals surface area contributed by atoms with Crippen molar-refractivity contribution in [2.45, 2.75) is 0 Å². The zero-order valence-corrected chi connectivity index (χ0v) is 11.5. The lowest BCUT2D eigenvalue weighted by Crippen LogP contribution is -1.98. The lowest BCUT2D eigenvalue weighted by Gasteiger charge is -2.00. The Hall–Kier alpha value is -2.73. The Balaban J connectivity index is 2.03. The first-order valence-electron chi connectivity index (χ1n) is 6.11. The molecule has 0 saturated carbocycles. The van der Waals surface area contributed by atoms with Crippen molar-refractivity contribution >= 4 is 17.3 Å². The number of phenolic OH excluding ortho intramolecular Hbond substituents is 1. The van der Waals surface area contributed by atoms with Gasteiger partial charge in [-0.15, -0.1) is 10.2 Å². The van der Waals surface area contributed by atoms with Gasteiger partial charge in [0.05, 0.1) is 5.56 Å². The van der Waals surface area contributed by atoms with Crippen molar-refractivity contribution in [3.8, 4) is 26.9 Å². The van der Waals surface area contributed by atoms with Crippen molar-refractivity contribution in [2.75, 3.05) is 0 Å². The summed E-state index contributed by atoms with van der Waals surface area (Å²) in [6, 6.07) is 13.3. The van der Waals surface area contributed by atoms with Gasteiger partial charge in [0.25, 0.3) is 0 Å². The summed E-state index contributed by atoms with van der Waals surface area (Å²) in [4.78, 5) is 11.2. The highest BCUT2D eigenvalue weighted by molar-refractivity contribution is 7.18. The first-order chi connectivity index (χ1) is 10.1. The highest BCUT2D eigenvalue weighted by Gasteiger charge is 2.15. The van der Waals surface area contributed by atoms with E-state index in [-0.39, 0.29) is 11.3 Å². The summed E-state index contributed by atoms with van der Waals surface area (Å²) in [5.41, 5.74) is 1.57. The van der Waals surface area contributed by atoms with Crippen LogP contribution in [-0.4, -0.2) is 26.4 Å². The topological polar surface area (TPSA) is 83.3 Å². The van der Waals surface area contributed by atoms with Crippen LogP contribution in [0.2, 0.25) is 0 Å². The van der Waals surface area contributed by atoms with Crippen molar-refractivity contribution in [1.82, 2.24) is 10.2 Å². The average molecular weight is 298 g/mol. The van der Waals surface area contributed by atoms with E-state index in [2.05, 4.69) is 10.2 Å². The molecule has 0 spiro atoms. The molecule has 6 heteroatoms. The van der Waals surface area contributed by atoms with Gasteiger partial charge >= 0.3 is 5.97 Å². The maximum atomic E-state index is 11.2. The SMILES string of the molecule is O=C(O)c1ccccc1-c1nnc(-c2ccc(O)cc2)s1. The Morgan fingerprint density at radius 3 is 2.33 bits per heavy atom. The molecule has 0 aliphatic heterocycles. The number of benzene rings is 2. The zero-order valence-electron chi connectivity index (χ0n) is 10.7. The second kappa shape index (κ2) is 5.34. The molecular weight excluding hydrogens is 288 g/mol. The number of aromatic carboxylic acids is 1. The van der Waals surface area contributed by atoms with Crippen LogP contribution < -0.4 is 0 Å². The minimum atomic E-state index is -0.994. The summed E-state index contributed by atoms with van der Waals surface area (Å²) >= 11 is 1.31. The molecule has 0 aliphatic rings. The van der Waals surface area contributed by atoms with Crippen molar-refractivity contribution in [1.29, 1.82) is 0 Å². The van der Waals surface area contributed by atoms with E-state index in [1.807, 2.05) is 0 Å². The molecule has 0 atom stereocenters. The van der Waals surface area contributed by atoms with Crippen molar-refractivity contribution in [3.63, 3.8) is 0 Å². The van der Waals surface area contributed by atoms with Crippen molar-refractivity contribution < 1.29 is 15.0 Å². The summed E-state index contributed by atoms with van der Waals surface area (Å²) in [6.07, 6.45) is 0. The molecule has 0 saturated heterocycles. The van der Waals surface area contributed by atoms with Gasteiger partial charge in [-0.2, -0.15) is 0 Å². The molecule has 2 aromatic carbocycles. The fraction of sp³-hybridized carbons (Fsp3) is 0. The van der Waals surface area contributed by atoms with Gasteiger partial charge in [-0.3, -0.25) is 0 Å². The maximum absolute atomic E-state index is 11.2. The van der Waals surface area contributed by atoms with Crippen LogP contribution in [0.5, 0.6) is 5.75 Å². The highest BCUT2D eigenvalue weighted by Crippen LogP contribution is 2.32. The molecule has 3 aromatic rings. The Bertz CT molecular complexity index is 797. The third-order valence-electron chi connectivity index (χ3n) is 2.93. The highest BCUT2D eigenvalue weighted by atomic mass is 32.1. The maximum Gasteiger partial charge on any atom is 0.336 e. The molecule has 0 aliphatic carbocycles. The van der Waals surface area contributed by atoms with E-state index in [0.29, 0.717) is 15.6 Å². The quantitative estimate of drug-likeness (QED) is 0.775. The number of carbonyl (C=O) groups is 1. The molecule has 0 bridgehead atoms. The molecule has 0 amide bonds. The predicted molar refractivity (Wildman–Crippen MR) is 79.4 cm³/mol. The number of rotatable bonds is 3. The fourth-order valence-corrected chi connectivity index (χ4v) is 2.80. The number of carboxylic acids is 1. The lowest BCUT2D eigenvalue weighted by molar-refractivity contribution is 0.0697. The molecule has 3 rings (SSSR count). The average Bonchev–Trinajstić information content (AvgIpc) is 2.97. The number of hydrogen-bond donors (Lipinski definition) is 2. The van der Waals surface area contributed by atoms with E-state index in [1.54, 1.807) is 48.5 Å². The Kier molecular flexibility index (Phi) is 3.37. The van der Waals surface area contributed by atoms with E-state index in [1.165, 1.54) is 11.3 Å². The molecule has 2 N–H and O–H groups in total. The van der Waals surface area contributed by atoms with Crippen molar-refractivity contribution in [2.24, 2.45) is 0 Å². The molecule has 5 nitrogen and oxygen atoms in total. The largest absolute Gasteiger partial charge is 0.508 e. The van der Waals surface area contributed by atoms with Gasteiger partial charge < -0.3 is 10.2 Å². The van der Waals surface area contributed by atoms with Crippen LogP contribution in [0.3, 0.4) is 0 Å². The first kappa shape index (κ1) is 13.3. The van der Waals surface area contributed by atoms with Crippen LogP contribution in [0.15, 0.2) is 48.5 Å². The number of phenols is 1. The Labute approximate surface area is 124 Å². The normalized spacial score (nSPS) is 10.5. The molecule has 21 heavy (non-hydrogen) atoms. The zero-order chi connectivity index (χ0) is 14.8. The number of nitrogens with zero attached hydrogens (tertiary/aromatic N) is 2. The molecule has 0 unspecified atom stereocenters. The first-order valence-corrected chi connectivity index (χ1v) is 6.92. The second-order valence-electron chi connectivity index (χ2n) is 4.31. The van der Waals surface area contributed by atoms with Gasteiger partial charge in [-0.1, -0.05) is 29.5 Å². The van der Waals surface area contributed by atoms with E-state index in [4.69, 9.17) is 0 Å². The van der Waals surface area contributed by atoms with Crippen LogP contribution in [0.4, 0.5) is 0 Å². The summed E-state index contributed by atoms with van der Waals surface area (Å²) in [5.74, 6) is -0.813. The van der Waals surface area contributed by atoms with E-state index < -0.39 is 5.97 Å². The summed E-state index contributed by atoms with van der Waals surface area (Å²) in [7, 11) is 0. The van der Waals surface area contributed by atoms with Gasteiger partial charge in [0.15, 0.2) is 0 Å². The van der Waals surface area contributed by atoms with Crippen LogP contribution in [0.1, 0.15) is 10.4 Å². The third-order valence-corrected chi connectivity index (χ3v) is 3.93. The lowest BCUT2D eigenvalue weighted by atomic mass is 10.1. The number of aromatic nitrogens is 2. The van der Waals surface area contributed by atoms with Crippen molar-refractivity contribution in [3.05, 3.63) is 54.1 Å². The molecular formula is C15H10N2O3S. The molecule has 0 radical (unpaired) electrons. The van der Waals surface area contributed by atoms with Gasteiger partial charge in [0.1, 0.15) is 15.8 Å². The van der Waals surface area contributed by atoms with E-state index >= 15 is 0 Å². The molecule has 104 valence electrons. The van der Waals surface area contributed by atoms with Crippen LogP contribution in [-0.2, 0) is 0 Å². The molecule has 1 heterocycles. The second-order valence-corrected chi connectivity index (χ2v) is 5.29. The van der Waals surface area contributed by atoms with Gasteiger partial charge in [0, 0.05) is 11.1 Å².